The lowest BCUT2D eigenvalue weighted by molar-refractivity contribution is 0.102. The van der Waals surface area contributed by atoms with Crippen LogP contribution in [0.15, 0.2) is 63.5 Å². The molecule has 0 atom stereocenters. The van der Waals surface area contributed by atoms with Gasteiger partial charge in [0.1, 0.15) is 18.1 Å². The number of furan rings is 1. The van der Waals surface area contributed by atoms with Crippen LogP contribution in [-0.4, -0.2) is 11.0 Å². The van der Waals surface area contributed by atoms with Crippen molar-refractivity contribution in [2.24, 2.45) is 0 Å². The number of amides is 1. The minimum absolute atomic E-state index is 0.125. The Morgan fingerprint density at radius 1 is 1.17 bits per heavy atom. The SMILES string of the molecule is Cc1cc(NC(=O)c2cccc(Br)c2)ccc1-c1ccc(CO)o1. The molecule has 1 amide bonds. The van der Waals surface area contributed by atoms with Crippen molar-refractivity contribution in [2.75, 3.05) is 5.32 Å². The monoisotopic (exact) mass is 385 g/mol. The highest BCUT2D eigenvalue weighted by molar-refractivity contribution is 9.10. The molecule has 0 bridgehead atoms. The van der Waals surface area contributed by atoms with Crippen molar-refractivity contribution in [3.05, 3.63) is 76.0 Å². The first-order valence-electron chi connectivity index (χ1n) is 7.44. The summed E-state index contributed by atoms with van der Waals surface area (Å²) in [5.41, 5.74) is 3.20. The summed E-state index contributed by atoms with van der Waals surface area (Å²) >= 11 is 3.36. The van der Waals surface area contributed by atoms with Gasteiger partial charge in [-0.2, -0.15) is 0 Å². The van der Waals surface area contributed by atoms with Crippen LogP contribution in [0.4, 0.5) is 5.69 Å². The molecule has 3 rings (SSSR count). The highest BCUT2D eigenvalue weighted by Gasteiger charge is 2.10. The van der Waals surface area contributed by atoms with Crippen LogP contribution in [0.2, 0.25) is 0 Å². The molecule has 0 aliphatic carbocycles. The molecule has 2 N–H and O–H groups in total. The van der Waals surface area contributed by atoms with Crippen LogP contribution in [0.5, 0.6) is 0 Å². The first kappa shape index (κ1) is 16.5. The van der Waals surface area contributed by atoms with Gasteiger partial charge >= 0.3 is 0 Å². The topological polar surface area (TPSA) is 62.5 Å². The van der Waals surface area contributed by atoms with E-state index in [1.807, 2.05) is 43.3 Å². The third-order valence-corrected chi connectivity index (χ3v) is 4.15. The largest absolute Gasteiger partial charge is 0.459 e. The predicted octanol–water partition coefficient (Wildman–Crippen LogP) is 4.76. The summed E-state index contributed by atoms with van der Waals surface area (Å²) in [5, 5.41) is 12.0. The molecule has 3 aromatic rings. The Morgan fingerprint density at radius 3 is 2.67 bits per heavy atom. The Morgan fingerprint density at radius 2 is 2.00 bits per heavy atom. The Bertz CT molecular complexity index is 886. The fourth-order valence-electron chi connectivity index (χ4n) is 2.46. The average molecular weight is 386 g/mol. The van der Waals surface area contributed by atoms with Gasteiger partial charge in [0, 0.05) is 21.3 Å². The number of halogens is 1. The average Bonchev–Trinajstić information content (AvgIpc) is 3.04. The summed E-state index contributed by atoms with van der Waals surface area (Å²) in [4.78, 5) is 12.3. The maximum absolute atomic E-state index is 12.3. The molecule has 0 radical (unpaired) electrons. The van der Waals surface area contributed by atoms with Crippen LogP contribution < -0.4 is 5.32 Å². The zero-order valence-corrected chi connectivity index (χ0v) is 14.6. The van der Waals surface area contributed by atoms with E-state index in [1.165, 1.54) is 0 Å². The predicted molar refractivity (Wildman–Crippen MR) is 96.9 cm³/mol. The number of benzene rings is 2. The molecule has 1 heterocycles. The number of aliphatic hydroxyl groups is 1. The number of carbonyl (C=O) groups is 1. The van der Waals surface area contributed by atoms with Gasteiger partial charge in [0.05, 0.1) is 0 Å². The fourth-order valence-corrected chi connectivity index (χ4v) is 2.86. The molecular formula is C19H16BrNO3. The van der Waals surface area contributed by atoms with Gasteiger partial charge in [-0.25, -0.2) is 0 Å². The molecule has 4 nitrogen and oxygen atoms in total. The normalized spacial score (nSPS) is 10.6. The Labute approximate surface area is 148 Å². The molecule has 0 aliphatic rings. The van der Waals surface area contributed by atoms with Crippen molar-refractivity contribution in [1.82, 2.24) is 0 Å². The molecule has 5 heteroatoms. The van der Waals surface area contributed by atoms with E-state index in [9.17, 15) is 4.79 Å². The summed E-state index contributed by atoms with van der Waals surface area (Å²) in [6, 6.07) is 16.4. The Kier molecular flexibility index (Phi) is 4.83. The molecule has 2 aromatic carbocycles. The van der Waals surface area contributed by atoms with Crippen molar-refractivity contribution in [2.45, 2.75) is 13.5 Å². The number of carbonyl (C=O) groups excluding carboxylic acids is 1. The maximum Gasteiger partial charge on any atom is 0.255 e. The molecule has 122 valence electrons. The lowest BCUT2D eigenvalue weighted by Crippen LogP contribution is -2.11. The lowest BCUT2D eigenvalue weighted by Gasteiger charge is -2.09. The number of hydrogen-bond donors (Lipinski definition) is 2. The van der Waals surface area contributed by atoms with Gasteiger partial charge < -0.3 is 14.8 Å². The molecule has 0 saturated carbocycles. The number of aliphatic hydroxyl groups excluding tert-OH is 1. The van der Waals surface area contributed by atoms with Crippen LogP contribution in [0, 0.1) is 6.92 Å². The number of hydrogen-bond acceptors (Lipinski definition) is 3. The van der Waals surface area contributed by atoms with Crippen molar-refractivity contribution >= 4 is 27.5 Å². The van der Waals surface area contributed by atoms with E-state index in [-0.39, 0.29) is 12.5 Å². The second kappa shape index (κ2) is 7.03. The number of anilines is 1. The van der Waals surface area contributed by atoms with Gasteiger partial charge in [-0.05, 0) is 61.0 Å². The smallest absolute Gasteiger partial charge is 0.255 e. The van der Waals surface area contributed by atoms with Crippen LogP contribution in [-0.2, 0) is 6.61 Å². The van der Waals surface area contributed by atoms with Crippen molar-refractivity contribution in [3.63, 3.8) is 0 Å². The highest BCUT2D eigenvalue weighted by atomic mass is 79.9. The van der Waals surface area contributed by atoms with Crippen molar-refractivity contribution < 1.29 is 14.3 Å². The molecule has 24 heavy (non-hydrogen) atoms. The van der Waals surface area contributed by atoms with Gasteiger partial charge in [-0.3, -0.25) is 4.79 Å². The number of nitrogens with one attached hydrogen (secondary N) is 1. The molecule has 0 aliphatic heterocycles. The van der Waals surface area contributed by atoms with Crippen molar-refractivity contribution in [3.8, 4) is 11.3 Å². The zero-order chi connectivity index (χ0) is 17.1. The van der Waals surface area contributed by atoms with E-state index in [1.54, 1.807) is 18.2 Å². The molecular weight excluding hydrogens is 370 g/mol. The van der Waals surface area contributed by atoms with E-state index in [4.69, 9.17) is 9.52 Å². The Hall–Kier alpha value is -2.37. The minimum Gasteiger partial charge on any atom is -0.459 e. The quantitative estimate of drug-likeness (QED) is 0.680. The summed E-state index contributed by atoms with van der Waals surface area (Å²) in [6.07, 6.45) is 0. The summed E-state index contributed by atoms with van der Waals surface area (Å²) in [6.45, 7) is 1.82. The van der Waals surface area contributed by atoms with E-state index in [0.717, 1.165) is 21.3 Å². The molecule has 0 saturated heterocycles. The molecule has 1 aromatic heterocycles. The van der Waals surface area contributed by atoms with Crippen LogP contribution in [0.25, 0.3) is 11.3 Å². The zero-order valence-electron chi connectivity index (χ0n) is 13.0. The first-order chi connectivity index (χ1) is 11.6. The molecule has 0 fully saturated rings. The van der Waals surface area contributed by atoms with Gasteiger partial charge in [0.2, 0.25) is 0 Å². The lowest BCUT2D eigenvalue weighted by atomic mass is 10.1. The van der Waals surface area contributed by atoms with Gasteiger partial charge in [-0.15, -0.1) is 0 Å². The third-order valence-electron chi connectivity index (χ3n) is 3.65. The Balaban J connectivity index is 1.80. The summed E-state index contributed by atoms with van der Waals surface area (Å²) in [7, 11) is 0. The van der Waals surface area contributed by atoms with E-state index >= 15 is 0 Å². The van der Waals surface area contributed by atoms with Crippen molar-refractivity contribution in [1.29, 1.82) is 0 Å². The van der Waals surface area contributed by atoms with E-state index in [2.05, 4.69) is 21.2 Å². The summed E-state index contributed by atoms with van der Waals surface area (Å²) < 4.78 is 6.42. The highest BCUT2D eigenvalue weighted by Crippen LogP contribution is 2.28. The van der Waals surface area contributed by atoms with Gasteiger partial charge in [0.25, 0.3) is 5.91 Å². The molecule has 0 spiro atoms. The van der Waals surface area contributed by atoms with E-state index in [0.29, 0.717) is 17.1 Å². The third kappa shape index (κ3) is 3.58. The van der Waals surface area contributed by atoms with Crippen LogP contribution >= 0.6 is 15.9 Å². The number of aryl methyl sites for hydroxylation is 1. The van der Waals surface area contributed by atoms with Crippen LogP contribution in [0.3, 0.4) is 0 Å². The van der Waals surface area contributed by atoms with Gasteiger partial charge in [0.15, 0.2) is 0 Å². The van der Waals surface area contributed by atoms with Gasteiger partial charge in [-0.1, -0.05) is 22.0 Å². The second-order valence-electron chi connectivity index (χ2n) is 5.42. The second-order valence-corrected chi connectivity index (χ2v) is 6.33. The number of rotatable bonds is 4. The maximum atomic E-state index is 12.3. The first-order valence-corrected chi connectivity index (χ1v) is 8.23. The standard InChI is InChI=1S/C19H16BrNO3/c1-12-9-15(21-19(23)13-3-2-4-14(20)10-13)5-7-17(12)18-8-6-16(11-22)24-18/h2-10,22H,11H2,1H3,(H,21,23). The molecule has 0 unspecified atom stereocenters. The summed E-state index contributed by atoms with van der Waals surface area (Å²) in [5.74, 6) is 1.06. The van der Waals surface area contributed by atoms with E-state index < -0.39 is 0 Å². The minimum atomic E-state index is -0.163. The fraction of sp³-hybridized carbons (Fsp3) is 0.105. The van der Waals surface area contributed by atoms with Crippen LogP contribution in [0.1, 0.15) is 21.7 Å².